The fraction of sp³-hybridized carbons (Fsp3) is 0.562. The van der Waals surface area contributed by atoms with E-state index in [1.165, 1.54) is 4.90 Å². The lowest BCUT2D eigenvalue weighted by Gasteiger charge is -2.36. The molecule has 45 heavy (non-hydrogen) atoms. The molecule has 0 bridgehead atoms. The molecular formula is C32H44N6O7. The first-order chi connectivity index (χ1) is 21.4. The van der Waals surface area contributed by atoms with Crippen LogP contribution in [-0.2, 0) is 19.1 Å². The first-order valence-electron chi connectivity index (χ1n) is 15.5. The number of aliphatic hydroxyl groups is 1. The van der Waals surface area contributed by atoms with Crippen LogP contribution in [0.1, 0.15) is 63.9 Å². The highest BCUT2D eigenvalue weighted by atomic mass is 16.6. The van der Waals surface area contributed by atoms with Crippen LogP contribution in [0.2, 0.25) is 0 Å². The summed E-state index contributed by atoms with van der Waals surface area (Å²) in [5.41, 5.74) is 0.0698. The Labute approximate surface area is 263 Å². The van der Waals surface area contributed by atoms with E-state index in [-0.39, 0.29) is 57.2 Å². The molecule has 4 rings (SSSR count). The number of hydrogen-bond donors (Lipinski definition) is 2. The van der Waals surface area contributed by atoms with Gasteiger partial charge in [0.1, 0.15) is 23.2 Å². The zero-order valence-corrected chi connectivity index (χ0v) is 26.5. The third kappa shape index (κ3) is 9.61. The number of piperidine rings is 1. The Morgan fingerprint density at radius 1 is 1.02 bits per heavy atom. The lowest BCUT2D eigenvalue weighted by molar-refractivity contribution is -0.155. The molecule has 2 fully saturated rings. The highest BCUT2D eigenvalue weighted by Crippen LogP contribution is 2.24. The van der Waals surface area contributed by atoms with E-state index in [2.05, 4.69) is 10.3 Å². The fourth-order valence-electron chi connectivity index (χ4n) is 5.28. The van der Waals surface area contributed by atoms with Crippen molar-refractivity contribution in [3.05, 3.63) is 42.1 Å². The Morgan fingerprint density at radius 3 is 2.36 bits per heavy atom. The van der Waals surface area contributed by atoms with E-state index >= 15 is 0 Å². The second-order valence-electron chi connectivity index (χ2n) is 12.2. The van der Waals surface area contributed by atoms with Gasteiger partial charge in [-0.15, -0.1) is 0 Å². The quantitative estimate of drug-likeness (QED) is 0.398. The third-order valence-electron chi connectivity index (χ3n) is 7.48. The number of nitrogens with zero attached hydrogens (tertiary/aromatic N) is 5. The Balaban J connectivity index is 1.57. The van der Waals surface area contributed by atoms with Gasteiger partial charge in [-0.05, 0) is 47.0 Å². The number of anilines is 1. The van der Waals surface area contributed by atoms with Crippen LogP contribution in [-0.4, -0.2) is 112 Å². The lowest BCUT2D eigenvalue weighted by atomic mass is 10.1. The van der Waals surface area contributed by atoms with Gasteiger partial charge in [0.15, 0.2) is 5.82 Å². The molecule has 0 aliphatic carbocycles. The summed E-state index contributed by atoms with van der Waals surface area (Å²) >= 11 is 0. The largest absolute Gasteiger partial charge is 0.460 e. The predicted molar refractivity (Wildman–Crippen MR) is 166 cm³/mol. The molecule has 0 spiro atoms. The van der Waals surface area contributed by atoms with Gasteiger partial charge in [0.2, 0.25) is 5.91 Å². The topological polar surface area (TPSA) is 154 Å². The van der Waals surface area contributed by atoms with Crippen molar-refractivity contribution >= 4 is 29.7 Å². The Bertz CT molecular complexity index is 1340. The van der Waals surface area contributed by atoms with Crippen molar-refractivity contribution in [1.29, 1.82) is 0 Å². The van der Waals surface area contributed by atoms with Gasteiger partial charge in [-0.1, -0.05) is 30.3 Å². The number of carbonyl (C=O) groups excluding carboxylic acids is 4. The average Bonchev–Trinajstić information content (AvgIpc) is 3.02. The van der Waals surface area contributed by atoms with E-state index in [9.17, 15) is 24.3 Å². The van der Waals surface area contributed by atoms with Crippen molar-refractivity contribution in [1.82, 2.24) is 25.1 Å². The molecule has 2 saturated heterocycles. The second-order valence-corrected chi connectivity index (χ2v) is 12.2. The zero-order valence-electron chi connectivity index (χ0n) is 26.5. The molecule has 0 saturated carbocycles. The van der Waals surface area contributed by atoms with E-state index in [0.717, 1.165) is 6.42 Å². The van der Waals surface area contributed by atoms with Crippen molar-refractivity contribution < 1.29 is 33.8 Å². The van der Waals surface area contributed by atoms with Crippen LogP contribution in [0.25, 0.3) is 11.4 Å². The summed E-state index contributed by atoms with van der Waals surface area (Å²) < 4.78 is 10.5. The first kappa shape index (κ1) is 33.6. The van der Waals surface area contributed by atoms with Crippen molar-refractivity contribution in [2.75, 3.05) is 50.8 Å². The number of esters is 1. The van der Waals surface area contributed by atoms with Crippen LogP contribution in [0.4, 0.5) is 10.6 Å². The van der Waals surface area contributed by atoms with Gasteiger partial charge in [-0.2, -0.15) is 0 Å². The smallest absolute Gasteiger partial charge is 0.409 e. The lowest BCUT2D eigenvalue weighted by Crippen LogP contribution is -2.56. The molecule has 1 unspecified atom stereocenters. The number of β-amino-alcohol motifs (C(OH)–C–C–N with tert-alkyl or cyclic N) is 1. The second kappa shape index (κ2) is 15.2. The molecule has 2 aliphatic heterocycles. The van der Waals surface area contributed by atoms with Gasteiger partial charge in [-0.3, -0.25) is 14.4 Å². The summed E-state index contributed by atoms with van der Waals surface area (Å²) in [5.74, 6) is -0.612. The van der Waals surface area contributed by atoms with E-state index in [4.69, 9.17) is 14.5 Å². The van der Waals surface area contributed by atoms with Crippen LogP contribution >= 0.6 is 0 Å². The average molecular weight is 625 g/mol. The molecule has 2 atom stereocenters. The number of nitrogens with one attached hydrogen (secondary N) is 1. The van der Waals surface area contributed by atoms with Gasteiger partial charge in [-0.25, -0.2) is 14.8 Å². The van der Waals surface area contributed by atoms with Crippen LogP contribution < -0.4 is 10.2 Å². The van der Waals surface area contributed by atoms with E-state index in [1.54, 1.807) is 38.7 Å². The maximum absolute atomic E-state index is 13.8. The first-order valence-corrected chi connectivity index (χ1v) is 15.5. The number of ether oxygens (including phenoxy) is 2. The number of benzene rings is 1. The highest BCUT2D eigenvalue weighted by Gasteiger charge is 2.32. The number of rotatable bonds is 9. The SMILES string of the molecule is CCOC(=O)N1CCN(C(=O)[C@H](CCC(=O)OC(C)(C)C)NC(=O)c2cc(N3CCCC(O)C3)nc(-c3ccccc3)n2)CC1. The van der Waals surface area contributed by atoms with Crippen molar-refractivity contribution in [3.8, 4) is 11.4 Å². The van der Waals surface area contributed by atoms with Crippen molar-refractivity contribution in [2.24, 2.45) is 0 Å². The summed E-state index contributed by atoms with van der Waals surface area (Å²) in [6, 6.07) is 9.77. The Morgan fingerprint density at radius 2 is 1.71 bits per heavy atom. The Hall–Kier alpha value is -4.26. The maximum Gasteiger partial charge on any atom is 0.409 e. The molecule has 2 aromatic rings. The molecule has 3 heterocycles. The number of carbonyl (C=O) groups is 4. The number of aromatic nitrogens is 2. The van der Waals surface area contributed by atoms with Gasteiger partial charge in [0.05, 0.1) is 12.7 Å². The number of aliphatic hydroxyl groups excluding tert-OH is 1. The fourth-order valence-corrected chi connectivity index (χ4v) is 5.28. The zero-order chi connectivity index (χ0) is 32.6. The molecule has 244 valence electrons. The summed E-state index contributed by atoms with van der Waals surface area (Å²) in [7, 11) is 0. The van der Waals surface area contributed by atoms with Gasteiger partial charge in [0, 0.05) is 57.3 Å². The third-order valence-corrected chi connectivity index (χ3v) is 7.48. The molecular weight excluding hydrogens is 580 g/mol. The van der Waals surface area contributed by atoms with Crippen molar-refractivity contribution in [2.45, 2.75) is 71.1 Å². The van der Waals surface area contributed by atoms with E-state index in [0.29, 0.717) is 36.7 Å². The minimum atomic E-state index is -1.05. The standard InChI is InChI=1S/C32H44N6O7/c1-5-44-31(43)37-18-16-36(17-19-37)30(42)24(13-14-27(40)45-32(2,3)4)34-29(41)25-20-26(38-15-9-12-23(39)21-38)35-28(33-25)22-10-7-6-8-11-22/h6-8,10-11,20,23-24,39H,5,9,12-19,21H2,1-4H3,(H,34,41)/t23?,24-/m0/s1. The number of piperazine rings is 1. The molecule has 13 nitrogen and oxygen atoms in total. The summed E-state index contributed by atoms with van der Waals surface area (Å²) in [4.78, 5) is 66.6. The molecule has 2 N–H and O–H groups in total. The van der Waals surface area contributed by atoms with Crippen LogP contribution in [0, 0.1) is 0 Å². The highest BCUT2D eigenvalue weighted by molar-refractivity contribution is 5.97. The summed E-state index contributed by atoms with van der Waals surface area (Å²) in [5, 5.41) is 13.1. The monoisotopic (exact) mass is 624 g/mol. The number of amides is 3. The predicted octanol–water partition coefficient (Wildman–Crippen LogP) is 2.63. The summed E-state index contributed by atoms with van der Waals surface area (Å²) in [6.07, 6.45) is 0.444. The summed E-state index contributed by atoms with van der Waals surface area (Å²) in [6.45, 7) is 9.39. The van der Waals surface area contributed by atoms with E-state index < -0.39 is 35.7 Å². The van der Waals surface area contributed by atoms with Crippen LogP contribution in [0.5, 0.6) is 0 Å². The minimum absolute atomic E-state index is 0.0133. The Kier molecular flexibility index (Phi) is 11.3. The molecule has 0 radical (unpaired) electrons. The van der Waals surface area contributed by atoms with E-state index in [1.807, 2.05) is 35.2 Å². The molecule has 1 aromatic carbocycles. The van der Waals surface area contributed by atoms with Gasteiger partial charge >= 0.3 is 12.1 Å². The molecule has 13 heteroatoms. The minimum Gasteiger partial charge on any atom is -0.460 e. The van der Waals surface area contributed by atoms with Crippen LogP contribution in [0.3, 0.4) is 0 Å². The van der Waals surface area contributed by atoms with Gasteiger partial charge in [0.25, 0.3) is 5.91 Å². The van der Waals surface area contributed by atoms with Gasteiger partial charge < -0.3 is 34.6 Å². The number of hydrogen-bond acceptors (Lipinski definition) is 10. The molecule has 3 amide bonds. The van der Waals surface area contributed by atoms with Crippen LogP contribution in [0.15, 0.2) is 36.4 Å². The van der Waals surface area contributed by atoms with Crippen molar-refractivity contribution in [3.63, 3.8) is 0 Å². The maximum atomic E-state index is 13.8. The molecule has 1 aromatic heterocycles. The molecule has 2 aliphatic rings. The normalized spacial score (nSPS) is 17.8.